The summed E-state index contributed by atoms with van der Waals surface area (Å²) >= 11 is 5.71. The van der Waals surface area contributed by atoms with E-state index in [2.05, 4.69) is 45.4 Å². The zero-order valence-electron chi connectivity index (χ0n) is 26.3. The first-order chi connectivity index (χ1) is 22.1. The molecular formula is C30H38BClN12O2. The second-order valence-corrected chi connectivity index (χ2v) is 12.3. The fourth-order valence-corrected chi connectivity index (χ4v) is 5.90. The number of rotatable bonds is 4. The molecule has 0 spiro atoms. The predicted octanol–water partition coefficient (Wildman–Crippen LogP) is 1.57. The van der Waals surface area contributed by atoms with Crippen molar-refractivity contribution in [1.82, 2.24) is 29.9 Å². The van der Waals surface area contributed by atoms with Crippen molar-refractivity contribution in [3.63, 3.8) is 0 Å². The zero-order chi connectivity index (χ0) is 32.4. The Kier molecular flexibility index (Phi) is 9.24. The minimum Gasteiger partial charge on any atom is -0.423 e. The van der Waals surface area contributed by atoms with Crippen molar-refractivity contribution in [2.24, 2.45) is 0 Å². The lowest BCUT2D eigenvalue weighted by molar-refractivity contribution is 0.425. The molecule has 4 bridgehead atoms. The Hall–Kier alpha value is -4.47. The van der Waals surface area contributed by atoms with Gasteiger partial charge in [-0.05, 0) is 54.2 Å². The van der Waals surface area contributed by atoms with E-state index in [1.807, 2.05) is 51.4 Å². The van der Waals surface area contributed by atoms with Gasteiger partial charge < -0.3 is 40.3 Å². The second kappa shape index (κ2) is 13.5. The number of nitrogens with one attached hydrogen (secondary N) is 2. The molecule has 4 aliphatic rings. The van der Waals surface area contributed by atoms with Gasteiger partial charge >= 0.3 is 7.12 Å². The summed E-state index contributed by atoms with van der Waals surface area (Å²) in [4.78, 5) is 34.2. The van der Waals surface area contributed by atoms with Gasteiger partial charge in [-0.3, -0.25) is 0 Å². The highest BCUT2D eigenvalue weighted by atomic mass is 35.5. The summed E-state index contributed by atoms with van der Waals surface area (Å²) in [5.74, 6) is 4.20. The summed E-state index contributed by atoms with van der Waals surface area (Å²) in [5, 5.41) is 24.9. The molecule has 240 valence electrons. The van der Waals surface area contributed by atoms with Gasteiger partial charge in [-0.1, -0.05) is 0 Å². The third kappa shape index (κ3) is 7.01. The average molecular weight is 645 g/mol. The zero-order valence-corrected chi connectivity index (χ0v) is 27.1. The fraction of sp³-hybridized carbons (Fsp3) is 0.400. The maximum Gasteiger partial charge on any atom is 0.488 e. The van der Waals surface area contributed by atoms with Crippen LogP contribution in [0.5, 0.6) is 0 Å². The van der Waals surface area contributed by atoms with Crippen LogP contribution in [0.2, 0.25) is 5.28 Å². The van der Waals surface area contributed by atoms with Crippen LogP contribution in [-0.2, 0) is 0 Å². The topological polar surface area (TPSA) is 155 Å². The SMILES string of the molecule is CN(C)c1cc(-c2ncc3c(n2)N[C@H]2CCN3C2)ccn1.CN(C)c1cc(B(O)O)ccn1.Clc1ncc2c(n1)N[C@H]1CCN2C1. The molecule has 14 nitrogen and oxygen atoms in total. The van der Waals surface area contributed by atoms with Gasteiger partial charge in [-0.2, -0.15) is 4.98 Å². The Bertz CT molecular complexity index is 1660. The van der Waals surface area contributed by atoms with E-state index < -0.39 is 7.12 Å². The number of anilines is 6. The molecule has 16 heteroatoms. The molecule has 4 aliphatic heterocycles. The lowest BCUT2D eigenvalue weighted by Crippen LogP contribution is -2.32. The highest BCUT2D eigenvalue weighted by Crippen LogP contribution is 2.35. The maximum absolute atomic E-state index is 8.84. The van der Waals surface area contributed by atoms with Gasteiger partial charge in [0.2, 0.25) is 5.28 Å². The fourth-order valence-electron chi connectivity index (χ4n) is 5.77. The largest absolute Gasteiger partial charge is 0.488 e. The van der Waals surface area contributed by atoms with Gasteiger partial charge in [0.05, 0.1) is 23.8 Å². The highest BCUT2D eigenvalue weighted by molar-refractivity contribution is 6.58. The van der Waals surface area contributed by atoms with Crippen molar-refractivity contribution in [2.75, 3.05) is 84.6 Å². The number of halogens is 1. The summed E-state index contributed by atoms with van der Waals surface area (Å²) < 4.78 is 0. The quantitative estimate of drug-likeness (QED) is 0.188. The number of aromatic nitrogens is 6. The van der Waals surface area contributed by atoms with Crippen LogP contribution in [0.1, 0.15) is 12.8 Å². The van der Waals surface area contributed by atoms with Crippen LogP contribution in [0.4, 0.5) is 34.6 Å². The van der Waals surface area contributed by atoms with Gasteiger partial charge in [-0.15, -0.1) is 0 Å². The Morgan fingerprint density at radius 2 is 1.35 bits per heavy atom. The standard InChI is InChI=1S/C15H18N6.C8H9ClN4.C7H11BN2O2/c1-20(2)13-7-10(3-5-16-13)14-17-8-12-15(19-14)18-11-4-6-21(12)9-11;9-8-10-3-6-7(12-8)11-5-1-2-13(6)4-5;1-10(2)7-5-6(8(11)12)3-4-9-7/h3,5,7-8,11H,4,6,9H2,1-2H3,(H,17,18,19);3,5H,1-2,4H2,(H,10,11,12);3-5,11-12H,1-2H3/t11-;5-;/m00./s1. The van der Waals surface area contributed by atoms with Crippen LogP contribution in [0.15, 0.2) is 49.1 Å². The van der Waals surface area contributed by atoms with Crippen LogP contribution in [-0.4, -0.2) is 114 Å². The van der Waals surface area contributed by atoms with Crippen LogP contribution < -0.4 is 35.7 Å². The normalized spacial score (nSPS) is 18.1. The number of hydrogen-bond acceptors (Lipinski definition) is 14. The molecule has 0 amide bonds. The highest BCUT2D eigenvalue weighted by Gasteiger charge is 2.32. The summed E-state index contributed by atoms with van der Waals surface area (Å²) in [6.07, 6.45) is 9.42. The van der Waals surface area contributed by atoms with Gasteiger partial charge in [0.15, 0.2) is 17.5 Å². The third-order valence-electron chi connectivity index (χ3n) is 8.24. The van der Waals surface area contributed by atoms with E-state index in [1.54, 1.807) is 35.6 Å². The molecule has 8 rings (SSSR count). The average Bonchev–Trinajstić information content (AvgIpc) is 3.64. The third-order valence-corrected chi connectivity index (χ3v) is 8.42. The smallest absolute Gasteiger partial charge is 0.423 e. The summed E-state index contributed by atoms with van der Waals surface area (Å²) in [6.45, 7) is 4.32. The van der Waals surface area contributed by atoms with Crippen LogP contribution in [0, 0.1) is 0 Å². The summed E-state index contributed by atoms with van der Waals surface area (Å²) in [6, 6.07) is 8.22. The Morgan fingerprint density at radius 3 is 1.96 bits per heavy atom. The van der Waals surface area contributed by atoms with Gasteiger partial charge in [0, 0.05) is 84.4 Å². The Morgan fingerprint density at radius 1 is 0.783 bits per heavy atom. The van der Waals surface area contributed by atoms with Crippen LogP contribution in [0.25, 0.3) is 11.4 Å². The molecule has 2 atom stereocenters. The number of pyridine rings is 2. The van der Waals surface area contributed by atoms with Crippen molar-refractivity contribution in [2.45, 2.75) is 24.9 Å². The molecule has 46 heavy (non-hydrogen) atoms. The Labute approximate surface area is 273 Å². The first-order valence-electron chi connectivity index (χ1n) is 15.2. The maximum atomic E-state index is 8.84. The van der Waals surface area contributed by atoms with E-state index in [0.29, 0.717) is 28.6 Å². The summed E-state index contributed by atoms with van der Waals surface area (Å²) in [7, 11) is 6.22. The van der Waals surface area contributed by atoms with Gasteiger partial charge in [0.1, 0.15) is 11.6 Å². The molecule has 4 N–H and O–H groups in total. The van der Waals surface area contributed by atoms with E-state index in [9.17, 15) is 0 Å². The van der Waals surface area contributed by atoms with Crippen molar-refractivity contribution < 1.29 is 10.0 Å². The summed E-state index contributed by atoms with van der Waals surface area (Å²) in [5.41, 5.74) is 3.65. The molecule has 2 fully saturated rings. The molecule has 0 unspecified atom stereocenters. The molecule has 4 aromatic rings. The van der Waals surface area contributed by atoms with Crippen molar-refractivity contribution >= 4 is 58.8 Å². The van der Waals surface area contributed by atoms with Gasteiger partial charge in [0.25, 0.3) is 0 Å². The molecular weight excluding hydrogens is 607 g/mol. The van der Waals surface area contributed by atoms with Crippen molar-refractivity contribution in [3.8, 4) is 11.4 Å². The molecule has 8 heterocycles. The van der Waals surface area contributed by atoms with Crippen molar-refractivity contribution in [1.29, 1.82) is 0 Å². The molecule has 0 aromatic carbocycles. The van der Waals surface area contributed by atoms with E-state index in [-0.39, 0.29) is 0 Å². The number of nitrogens with zero attached hydrogens (tertiary/aromatic N) is 10. The van der Waals surface area contributed by atoms with Gasteiger partial charge in [-0.25, -0.2) is 24.9 Å². The lowest BCUT2D eigenvalue weighted by atomic mass is 9.81. The van der Waals surface area contributed by atoms with E-state index in [0.717, 1.165) is 66.4 Å². The number of hydrogen-bond donors (Lipinski definition) is 4. The van der Waals surface area contributed by atoms with E-state index >= 15 is 0 Å². The minimum atomic E-state index is -1.42. The van der Waals surface area contributed by atoms with Crippen LogP contribution >= 0.6 is 11.6 Å². The monoisotopic (exact) mass is 644 g/mol. The molecule has 2 saturated heterocycles. The second-order valence-electron chi connectivity index (χ2n) is 12.0. The Balaban J connectivity index is 0.000000129. The van der Waals surface area contributed by atoms with Crippen LogP contribution in [0.3, 0.4) is 0 Å². The molecule has 0 radical (unpaired) electrons. The predicted molar refractivity (Wildman–Crippen MR) is 184 cm³/mol. The van der Waals surface area contributed by atoms with E-state index in [4.69, 9.17) is 26.6 Å². The lowest BCUT2D eigenvalue weighted by Gasteiger charge is -2.27. The van der Waals surface area contributed by atoms with Crippen molar-refractivity contribution in [3.05, 3.63) is 54.3 Å². The molecule has 0 saturated carbocycles. The molecule has 4 aromatic heterocycles. The van der Waals surface area contributed by atoms with E-state index in [1.165, 1.54) is 12.8 Å². The first-order valence-corrected chi connectivity index (χ1v) is 15.6. The minimum absolute atomic E-state index is 0.314. The molecule has 0 aliphatic carbocycles. The first kappa shape index (κ1) is 31.5. The number of fused-ring (bicyclic) bond motifs is 8.